The lowest BCUT2D eigenvalue weighted by molar-refractivity contribution is 0.161. The van der Waals surface area contributed by atoms with Gasteiger partial charge in [-0.1, -0.05) is 19.3 Å². The Kier molecular flexibility index (Phi) is 5.62. The summed E-state index contributed by atoms with van der Waals surface area (Å²) >= 11 is 0. The Balaban J connectivity index is 1.35. The van der Waals surface area contributed by atoms with Crippen molar-refractivity contribution in [1.82, 2.24) is 34.4 Å². The maximum absolute atomic E-state index is 4.56. The van der Waals surface area contributed by atoms with Gasteiger partial charge in [0.05, 0.1) is 0 Å². The molecule has 2 fully saturated rings. The standard InChI is InChI=1S/C19H31N7/c1-2-26-18(13-25-15-20-14-21-25)22-23-19(26)17-8-10-24(11-9-17)12-16-6-4-3-5-7-16/h14-17H,2-13H2,1H3. The van der Waals surface area contributed by atoms with Crippen molar-refractivity contribution >= 4 is 0 Å². The zero-order valence-corrected chi connectivity index (χ0v) is 15.9. The maximum Gasteiger partial charge on any atom is 0.154 e. The van der Waals surface area contributed by atoms with E-state index in [0.29, 0.717) is 12.5 Å². The van der Waals surface area contributed by atoms with E-state index >= 15 is 0 Å². The molecule has 0 N–H and O–H groups in total. The van der Waals surface area contributed by atoms with E-state index < -0.39 is 0 Å². The highest BCUT2D eigenvalue weighted by Gasteiger charge is 2.27. The summed E-state index contributed by atoms with van der Waals surface area (Å²) in [5.41, 5.74) is 0. The van der Waals surface area contributed by atoms with Gasteiger partial charge in [0.1, 0.15) is 25.0 Å². The molecule has 0 amide bonds. The monoisotopic (exact) mass is 357 g/mol. The molecule has 0 bridgehead atoms. The molecule has 26 heavy (non-hydrogen) atoms. The molecule has 142 valence electrons. The van der Waals surface area contributed by atoms with E-state index in [2.05, 4.69) is 36.7 Å². The van der Waals surface area contributed by atoms with Crippen molar-refractivity contribution in [2.45, 2.75) is 70.9 Å². The molecule has 1 saturated heterocycles. The fourth-order valence-corrected chi connectivity index (χ4v) is 4.68. The average molecular weight is 358 g/mol. The van der Waals surface area contributed by atoms with Crippen LogP contribution in [0.2, 0.25) is 0 Å². The molecule has 2 aromatic heterocycles. The molecule has 0 aromatic carbocycles. The molecule has 1 aliphatic carbocycles. The molecule has 0 atom stereocenters. The van der Waals surface area contributed by atoms with Crippen LogP contribution < -0.4 is 0 Å². The highest BCUT2D eigenvalue weighted by molar-refractivity contribution is 5.04. The van der Waals surface area contributed by atoms with Gasteiger partial charge in [0.15, 0.2) is 5.82 Å². The molecule has 0 unspecified atom stereocenters. The van der Waals surface area contributed by atoms with E-state index in [-0.39, 0.29) is 0 Å². The van der Waals surface area contributed by atoms with Crippen molar-refractivity contribution < 1.29 is 0 Å². The van der Waals surface area contributed by atoms with Crippen LogP contribution in [0.4, 0.5) is 0 Å². The second-order valence-corrected chi connectivity index (χ2v) is 7.89. The number of nitrogens with zero attached hydrogens (tertiary/aromatic N) is 7. The van der Waals surface area contributed by atoms with Crippen LogP contribution in [0.25, 0.3) is 0 Å². The van der Waals surface area contributed by atoms with Gasteiger partial charge in [0, 0.05) is 19.0 Å². The van der Waals surface area contributed by atoms with Crippen LogP contribution in [0.15, 0.2) is 12.7 Å². The SMILES string of the molecule is CCn1c(Cn2cncn2)nnc1C1CCN(CC2CCCCC2)CC1. The van der Waals surface area contributed by atoms with E-state index in [1.165, 1.54) is 70.4 Å². The first kappa shape index (κ1) is 17.6. The van der Waals surface area contributed by atoms with Gasteiger partial charge < -0.3 is 9.47 Å². The second-order valence-electron chi connectivity index (χ2n) is 7.89. The fourth-order valence-electron chi connectivity index (χ4n) is 4.68. The van der Waals surface area contributed by atoms with E-state index in [0.717, 1.165) is 18.3 Å². The minimum Gasteiger partial charge on any atom is -0.313 e. The van der Waals surface area contributed by atoms with Crippen LogP contribution >= 0.6 is 0 Å². The smallest absolute Gasteiger partial charge is 0.154 e. The van der Waals surface area contributed by atoms with Crippen LogP contribution in [-0.2, 0) is 13.1 Å². The summed E-state index contributed by atoms with van der Waals surface area (Å²) in [6.07, 6.45) is 12.9. The summed E-state index contributed by atoms with van der Waals surface area (Å²) < 4.78 is 4.09. The first-order valence-electron chi connectivity index (χ1n) is 10.3. The van der Waals surface area contributed by atoms with Crippen LogP contribution in [0.5, 0.6) is 0 Å². The van der Waals surface area contributed by atoms with E-state index in [1.54, 1.807) is 12.7 Å². The van der Waals surface area contributed by atoms with Crippen molar-refractivity contribution in [3.8, 4) is 0 Å². The number of hydrogen-bond donors (Lipinski definition) is 0. The molecule has 0 spiro atoms. The van der Waals surface area contributed by atoms with Crippen molar-refractivity contribution in [1.29, 1.82) is 0 Å². The first-order chi connectivity index (χ1) is 12.8. The molecule has 2 aromatic rings. The van der Waals surface area contributed by atoms with Crippen LogP contribution in [0.1, 0.15) is 69.4 Å². The summed E-state index contributed by atoms with van der Waals surface area (Å²) in [6.45, 7) is 7.45. The number of hydrogen-bond acceptors (Lipinski definition) is 5. The molecule has 7 heteroatoms. The Morgan fingerprint density at radius 1 is 1.04 bits per heavy atom. The molecular formula is C19H31N7. The predicted molar refractivity (Wildman–Crippen MR) is 99.8 cm³/mol. The van der Waals surface area contributed by atoms with Gasteiger partial charge in [-0.2, -0.15) is 5.10 Å². The number of likely N-dealkylation sites (tertiary alicyclic amines) is 1. The molecule has 1 saturated carbocycles. The second kappa shape index (κ2) is 8.29. The number of rotatable bonds is 6. The molecular weight excluding hydrogens is 326 g/mol. The molecule has 1 aliphatic heterocycles. The fraction of sp³-hybridized carbons (Fsp3) is 0.789. The van der Waals surface area contributed by atoms with Crippen LogP contribution in [-0.4, -0.2) is 54.1 Å². The number of piperidine rings is 1. The van der Waals surface area contributed by atoms with Gasteiger partial charge in [0.2, 0.25) is 0 Å². The van der Waals surface area contributed by atoms with E-state index in [4.69, 9.17) is 0 Å². The Bertz CT molecular complexity index is 664. The summed E-state index contributed by atoms with van der Waals surface area (Å²) in [5.74, 6) is 3.63. The van der Waals surface area contributed by atoms with Crippen molar-refractivity contribution in [2.75, 3.05) is 19.6 Å². The van der Waals surface area contributed by atoms with Gasteiger partial charge in [0.25, 0.3) is 0 Å². The topological polar surface area (TPSA) is 64.7 Å². The van der Waals surface area contributed by atoms with Gasteiger partial charge in [-0.15, -0.1) is 10.2 Å². The quantitative estimate of drug-likeness (QED) is 0.795. The van der Waals surface area contributed by atoms with E-state index in [1.807, 2.05) is 4.68 Å². The summed E-state index contributed by atoms with van der Waals surface area (Å²) in [4.78, 5) is 6.71. The lowest BCUT2D eigenvalue weighted by atomic mass is 9.88. The Morgan fingerprint density at radius 2 is 1.85 bits per heavy atom. The van der Waals surface area contributed by atoms with Gasteiger partial charge in [-0.05, 0) is 51.6 Å². The average Bonchev–Trinajstić information content (AvgIpc) is 3.33. The third-order valence-corrected chi connectivity index (χ3v) is 6.14. The highest BCUT2D eigenvalue weighted by Crippen LogP contribution is 2.30. The third kappa shape index (κ3) is 3.98. The Morgan fingerprint density at radius 3 is 2.54 bits per heavy atom. The summed E-state index contributed by atoms with van der Waals surface area (Å²) in [5, 5.41) is 13.2. The molecule has 0 radical (unpaired) electrons. The summed E-state index contributed by atoms with van der Waals surface area (Å²) in [6, 6.07) is 0. The zero-order chi connectivity index (χ0) is 17.8. The minimum absolute atomic E-state index is 0.537. The predicted octanol–water partition coefficient (Wildman–Crippen LogP) is 2.70. The zero-order valence-electron chi connectivity index (χ0n) is 15.9. The Labute approximate surface area is 155 Å². The van der Waals surface area contributed by atoms with Crippen molar-refractivity contribution in [3.63, 3.8) is 0 Å². The molecule has 7 nitrogen and oxygen atoms in total. The minimum atomic E-state index is 0.537. The van der Waals surface area contributed by atoms with Crippen LogP contribution in [0, 0.1) is 5.92 Å². The lowest BCUT2D eigenvalue weighted by Gasteiger charge is -2.35. The largest absolute Gasteiger partial charge is 0.313 e. The van der Waals surface area contributed by atoms with Gasteiger partial charge in [-0.25, -0.2) is 9.67 Å². The van der Waals surface area contributed by atoms with Crippen LogP contribution in [0.3, 0.4) is 0 Å². The maximum atomic E-state index is 4.56. The molecule has 4 rings (SSSR count). The van der Waals surface area contributed by atoms with Gasteiger partial charge >= 0.3 is 0 Å². The normalized spacial score (nSPS) is 20.7. The molecule has 3 heterocycles. The Hall–Kier alpha value is -1.76. The van der Waals surface area contributed by atoms with E-state index in [9.17, 15) is 0 Å². The molecule has 2 aliphatic rings. The van der Waals surface area contributed by atoms with Crippen molar-refractivity contribution in [2.24, 2.45) is 5.92 Å². The first-order valence-corrected chi connectivity index (χ1v) is 10.3. The van der Waals surface area contributed by atoms with Gasteiger partial charge in [-0.3, -0.25) is 0 Å². The van der Waals surface area contributed by atoms with Crippen molar-refractivity contribution in [3.05, 3.63) is 24.3 Å². The number of aromatic nitrogens is 6. The third-order valence-electron chi connectivity index (χ3n) is 6.14. The lowest BCUT2D eigenvalue weighted by Crippen LogP contribution is -2.37. The summed E-state index contributed by atoms with van der Waals surface area (Å²) in [7, 11) is 0. The highest BCUT2D eigenvalue weighted by atomic mass is 15.4.